The number of nitrogens with one attached hydrogen (secondary N) is 1. The number of carbonyl (C=O) groups is 3. The largest absolute Gasteiger partial charge is 0.481 e. The molecule has 0 radical (unpaired) electrons. The molecule has 0 saturated carbocycles. The van der Waals surface area contributed by atoms with Gasteiger partial charge in [0.15, 0.2) is 0 Å². The van der Waals surface area contributed by atoms with Gasteiger partial charge in [0.25, 0.3) is 0 Å². The van der Waals surface area contributed by atoms with Crippen LogP contribution < -0.4 is 5.32 Å². The lowest BCUT2D eigenvalue weighted by Crippen LogP contribution is -2.50. The van der Waals surface area contributed by atoms with Crippen LogP contribution in [0.3, 0.4) is 0 Å². The first kappa shape index (κ1) is 15.6. The van der Waals surface area contributed by atoms with E-state index in [4.69, 9.17) is 5.11 Å². The molecular formula is C14H23N3O4. The number of aliphatic carboxylic acids is 1. The molecule has 7 heteroatoms. The summed E-state index contributed by atoms with van der Waals surface area (Å²) in [6.07, 6.45) is 2.02. The van der Waals surface area contributed by atoms with Crippen LogP contribution in [0.15, 0.2) is 0 Å². The maximum atomic E-state index is 12.1. The molecule has 2 fully saturated rings. The summed E-state index contributed by atoms with van der Waals surface area (Å²) in [5.41, 5.74) is 0. The van der Waals surface area contributed by atoms with Crippen LogP contribution in [0, 0.1) is 11.8 Å². The van der Waals surface area contributed by atoms with Crippen LogP contribution in [-0.4, -0.2) is 65.0 Å². The summed E-state index contributed by atoms with van der Waals surface area (Å²) < 4.78 is 0. The first-order valence-corrected chi connectivity index (χ1v) is 7.47. The molecule has 2 aliphatic heterocycles. The van der Waals surface area contributed by atoms with Gasteiger partial charge in [-0.15, -0.1) is 0 Å². The fourth-order valence-electron chi connectivity index (χ4n) is 3.00. The minimum absolute atomic E-state index is 0.0668. The summed E-state index contributed by atoms with van der Waals surface area (Å²) in [7, 11) is 0. The van der Waals surface area contributed by atoms with Gasteiger partial charge in [0.05, 0.1) is 5.92 Å². The Labute approximate surface area is 124 Å². The number of carbonyl (C=O) groups excluding carboxylic acids is 2. The minimum Gasteiger partial charge on any atom is -0.481 e. The Kier molecular flexibility index (Phi) is 4.69. The number of likely N-dealkylation sites (tertiary alicyclic amines) is 2. The van der Waals surface area contributed by atoms with Crippen LogP contribution in [0.1, 0.15) is 26.7 Å². The first-order chi connectivity index (χ1) is 9.90. The Morgan fingerprint density at radius 3 is 2.29 bits per heavy atom. The fraction of sp³-hybridized carbons (Fsp3) is 0.786. The molecule has 118 valence electrons. The molecule has 7 nitrogen and oxygen atoms in total. The van der Waals surface area contributed by atoms with Gasteiger partial charge >= 0.3 is 12.0 Å². The van der Waals surface area contributed by atoms with Crippen LogP contribution in [0.5, 0.6) is 0 Å². The normalized spacial score (nSPS) is 26.8. The van der Waals surface area contributed by atoms with E-state index in [1.165, 1.54) is 4.90 Å². The van der Waals surface area contributed by atoms with E-state index in [0.29, 0.717) is 6.54 Å². The molecule has 21 heavy (non-hydrogen) atoms. The van der Waals surface area contributed by atoms with Gasteiger partial charge in [0.1, 0.15) is 6.04 Å². The molecule has 2 saturated heterocycles. The SMILES string of the molecule is CC(NC(=O)N1C[C@@H](C)[C@H](C(=O)O)C1)C(=O)N1CCCC1. The van der Waals surface area contributed by atoms with Crippen LogP contribution in [-0.2, 0) is 9.59 Å². The molecule has 2 rings (SSSR count). The molecular weight excluding hydrogens is 274 g/mol. The number of amides is 3. The molecule has 0 aromatic carbocycles. The summed E-state index contributed by atoms with van der Waals surface area (Å²) in [5, 5.41) is 11.8. The highest BCUT2D eigenvalue weighted by atomic mass is 16.4. The standard InChI is InChI=1S/C14H23N3O4/c1-9-7-17(8-11(9)13(19)20)14(21)15-10(2)12(18)16-5-3-4-6-16/h9-11H,3-8H2,1-2H3,(H,15,21)(H,19,20)/t9-,10?,11-/m1/s1. The second kappa shape index (κ2) is 6.32. The second-order valence-electron chi connectivity index (χ2n) is 6.03. The highest BCUT2D eigenvalue weighted by Crippen LogP contribution is 2.23. The van der Waals surface area contributed by atoms with Crippen molar-refractivity contribution in [2.24, 2.45) is 11.8 Å². The highest BCUT2D eigenvalue weighted by Gasteiger charge is 2.37. The Balaban J connectivity index is 1.86. The Morgan fingerprint density at radius 1 is 1.14 bits per heavy atom. The Hall–Kier alpha value is -1.79. The third kappa shape index (κ3) is 3.46. The fourth-order valence-corrected chi connectivity index (χ4v) is 3.00. The molecule has 0 aromatic heterocycles. The van der Waals surface area contributed by atoms with Gasteiger partial charge in [-0.2, -0.15) is 0 Å². The van der Waals surface area contributed by atoms with Crippen LogP contribution in [0.2, 0.25) is 0 Å². The predicted octanol–water partition coefficient (Wildman–Crippen LogP) is 0.359. The van der Waals surface area contributed by atoms with Gasteiger partial charge in [-0.1, -0.05) is 6.92 Å². The van der Waals surface area contributed by atoms with Crippen LogP contribution in [0.4, 0.5) is 4.79 Å². The van der Waals surface area contributed by atoms with E-state index < -0.39 is 17.9 Å². The number of nitrogens with zero attached hydrogens (tertiary/aromatic N) is 2. The van der Waals surface area contributed by atoms with Gasteiger partial charge in [0, 0.05) is 26.2 Å². The first-order valence-electron chi connectivity index (χ1n) is 7.47. The number of carboxylic acids is 1. The lowest BCUT2D eigenvalue weighted by Gasteiger charge is -2.24. The number of carboxylic acid groups (broad SMARTS) is 1. The van der Waals surface area contributed by atoms with Crippen LogP contribution in [0.25, 0.3) is 0 Å². The van der Waals surface area contributed by atoms with Crippen molar-refractivity contribution in [2.45, 2.75) is 32.7 Å². The van der Waals surface area contributed by atoms with Crippen LogP contribution >= 0.6 is 0 Å². The van der Waals surface area contributed by atoms with Gasteiger partial charge < -0.3 is 20.2 Å². The number of rotatable bonds is 3. The zero-order chi connectivity index (χ0) is 15.6. The average molecular weight is 297 g/mol. The molecule has 2 heterocycles. The van der Waals surface area contributed by atoms with Crippen molar-refractivity contribution < 1.29 is 19.5 Å². The quantitative estimate of drug-likeness (QED) is 0.787. The second-order valence-corrected chi connectivity index (χ2v) is 6.03. The van der Waals surface area contributed by atoms with Gasteiger partial charge in [-0.05, 0) is 25.7 Å². The molecule has 1 unspecified atom stereocenters. The molecule has 2 aliphatic rings. The topological polar surface area (TPSA) is 90.0 Å². The molecule has 0 aromatic rings. The van der Waals surface area contributed by atoms with E-state index in [2.05, 4.69) is 5.32 Å². The monoisotopic (exact) mass is 297 g/mol. The van der Waals surface area contributed by atoms with E-state index >= 15 is 0 Å². The van der Waals surface area contributed by atoms with Crippen molar-refractivity contribution in [1.82, 2.24) is 15.1 Å². The summed E-state index contributed by atoms with van der Waals surface area (Å²) >= 11 is 0. The predicted molar refractivity (Wildman–Crippen MR) is 75.7 cm³/mol. The van der Waals surface area contributed by atoms with E-state index in [1.807, 2.05) is 6.92 Å². The van der Waals surface area contributed by atoms with E-state index in [9.17, 15) is 14.4 Å². The van der Waals surface area contributed by atoms with E-state index in [0.717, 1.165) is 25.9 Å². The molecule has 3 atom stereocenters. The molecule has 3 amide bonds. The smallest absolute Gasteiger partial charge is 0.318 e. The molecule has 2 N–H and O–H groups in total. The summed E-state index contributed by atoms with van der Waals surface area (Å²) in [5.74, 6) is -1.54. The zero-order valence-electron chi connectivity index (χ0n) is 12.5. The number of hydrogen-bond donors (Lipinski definition) is 2. The van der Waals surface area contributed by atoms with Crippen molar-refractivity contribution in [1.29, 1.82) is 0 Å². The van der Waals surface area contributed by atoms with Crippen molar-refractivity contribution in [3.63, 3.8) is 0 Å². The van der Waals surface area contributed by atoms with Crippen molar-refractivity contribution >= 4 is 17.9 Å². The highest BCUT2D eigenvalue weighted by molar-refractivity contribution is 5.87. The van der Waals surface area contributed by atoms with Gasteiger partial charge in [0.2, 0.25) is 5.91 Å². The zero-order valence-corrected chi connectivity index (χ0v) is 12.5. The number of urea groups is 1. The van der Waals surface area contributed by atoms with Crippen molar-refractivity contribution in [3.05, 3.63) is 0 Å². The maximum Gasteiger partial charge on any atom is 0.318 e. The van der Waals surface area contributed by atoms with Crippen molar-refractivity contribution in [3.8, 4) is 0 Å². The lowest BCUT2D eigenvalue weighted by molar-refractivity contribution is -0.142. The van der Waals surface area contributed by atoms with E-state index in [-0.39, 0.29) is 24.4 Å². The summed E-state index contributed by atoms with van der Waals surface area (Å²) in [4.78, 5) is 38.6. The molecule has 0 aliphatic carbocycles. The van der Waals surface area contributed by atoms with E-state index in [1.54, 1.807) is 11.8 Å². The molecule has 0 bridgehead atoms. The van der Waals surface area contributed by atoms with Gasteiger partial charge in [-0.3, -0.25) is 9.59 Å². The van der Waals surface area contributed by atoms with Crippen molar-refractivity contribution in [2.75, 3.05) is 26.2 Å². The Bertz CT molecular complexity index is 434. The molecule has 0 spiro atoms. The average Bonchev–Trinajstić information content (AvgIpc) is 3.06. The lowest BCUT2D eigenvalue weighted by atomic mass is 9.99. The third-order valence-electron chi connectivity index (χ3n) is 4.34. The number of hydrogen-bond acceptors (Lipinski definition) is 3. The summed E-state index contributed by atoms with van der Waals surface area (Å²) in [6.45, 7) is 5.61. The maximum absolute atomic E-state index is 12.1. The third-order valence-corrected chi connectivity index (χ3v) is 4.34. The summed E-state index contributed by atoms with van der Waals surface area (Å²) in [6, 6.07) is -0.930. The van der Waals surface area contributed by atoms with Gasteiger partial charge in [-0.25, -0.2) is 4.79 Å². The Morgan fingerprint density at radius 2 is 1.76 bits per heavy atom. The minimum atomic E-state index is -0.876.